The Balaban J connectivity index is 1.70. The van der Waals surface area contributed by atoms with Crippen molar-refractivity contribution in [1.82, 2.24) is 10.2 Å². The smallest absolute Gasteiger partial charge is 0.345 e. The maximum absolute atomic E-state index is 12.9. The highest BCUT2D eigenvalue weighted by molar-refractivity contribution is 7.99. The molecule has 1 aromatic rings. The van der Waals surface area contributed by atoms with Gasteiger partial charge >= 0.3 is 6.18 Å². The Labute approximate surface area is 158 Å². The summed E-state index contributed by atoms with van der Waals surface area (Å²) in [5, 5.41) is 1.90. The fourth-order valence-corrected chi connectivity index (χ4v) is 5.62. The summed E-state index contributed by atoms with van der Waals surface area (Å²) in [7, 11) is 0. The molecule has 2 heterocycles. The van der Waals surface area contributed by atoms with Crippen molar-refractivity contribution in [2.45, 2.75) is 50.7 Å². The molecule has 0 saturated carbocycles. The van der Waals surface area contributed by atoms with Gasteiger partial charge < -0.3 is 10.2 Å². The zero-order valence-electron chi connectivity index (χ0n) is 14.2. The van der Waals surface area contributed by atoms with Crippen LogP contribution < -0.4 is 5.32 Å². The van der Waals surface area contributed by atoms with Gasteiger partial charge in [-0.2, -0.15) is 13.2 Å². The zero-order valence-corrected chi connectivity index (χ0v) is 15.9. The summed E-state index contributed by atoms with van der Waals surface area (Å²) in [6.45, 7) is -1.37. The second kappa shape index (κ2) is 8.21. The van der Waals surface area contributed by atoms with Gasteiger partial charge in [0.1, 0.15) is 12.6 Å². The summed E-state index contributed by atoms with van der Waals surface area (Å²) in [4.78, 5) is 28.2. The molecule has 1 saturated heterocycles. The van der Waals surface area contributed by atoms with E-state index in [9.17, 15) is 22.8 Å². The highest BCUT2D eigenvalue weighted by Gasteiger charge is 2.37. The molecule has 1 N–H and O–H groups in total. The average Bonchev–Trinajstić information content (AvgIpc) is 3.18. The van der Waals surface area contributed by atoms with Crippen molar-refractivity contribution < 1.29 is 22.8 Å². The lowest BCUT2D eigenvalue weighted by molar-refractivity contribution is -0.140. The van der Waals surface area contributed by atoms with Crippen molar-refractivity contribution in [1.29, 1.82) is 0 Å². The van der Waals surface area contributed by atoms with E-state index >= 15 is 0 Å². The topological polar surface area (TPSA) is 49.4 Å². The number of fused-ring (bicyclic) bond motifs is 1. The van der Waals surface area contributed by atoms with Crippen molar-refractivity contribution in [3.63, 3.8) is 0 Å². The first-order chi connectivity index (χ1) is 12.3. The molecule has 1 aliphatic heterocycles. The van der Waals surface area contributed by atoms with Crippen LogP contribution in [0.2, 0.25) is 0 Å². The molecule has 1 aromatic heterocycles. The van der Waals surface area contributed by atoms with E-state index in [0.29, 0.717) is 16.5 Å². The van der Waals surface area contributed by atoms with E-state index in [1.54, 1.807) is 0 Å². The number of hydrogen-bond acceptors (Lipinski definition) is 4. The maximum atomic E-state index is 12.9. The second-order valence-electron chi connectivity index (χ2n) is 6.60. The quantitative estimate of drug-likeness (QED) is 0.835. The molecule has 0 spiro atoms. The van der Waals surface area contributed by atoms with Gasteiger partial charge in [0.15, 0.2) is 0 Å². The van der Waals surface area contributed by atoms with E-state index in [1.165, 1.54) is 51.3 Å². The van der Waals surface area contributed by atoms with Crippen molar-refractivity contribution in [2.24, 2.45) is 0 Å². The number of amides is 2. The number of carbonyl (C=O) groups is 2. The van der Waals surface area contributed by atoms with Crippen LogP contribution in [-0.4, -0.2) is 47.1 Å². The summed E-state index contributed by atoms with van der Waals surface area (Å²) >= 11 is 2.86. The van der Waals surface area contributed by atoms with Gasteiger partial charge in [-0.05, 0) is 37.3 Å². The standard InChI is InChI=1S/C17H21F3N2O2S2/c18-17(19,20)9-21-15(23)12-8-25-10-22(12)16(24)14-7-11-5-3-1-2-4-6-13(11)26-14/h7,12H,1-6,8-10H2,(H,21,23)/t12-/m0/s1. The van der Waals surface area contributed by atoms with E-state index in [-0.39, 0.29) is 5.91 Å². The Morgan fingerprint density at radius 2 is 1.92 bits per heavy atom. The van der Waals surface area contributed by atoms with E-state index in [1.807, 2.05) is 11.4 Å². The zero-order chi connectivity index (χ0) is 18.7. The van der Waals surface area contributed by atoms with Gasteiger partial charge in [-0.15, -0.1) is 23.1 Å². The first kappa shape index (κ1) is 19.5. The number of aryl methyl sites for hydroxylation is 2. The average molecular weight is 406 g/mol. The lowest BCUT2D eigenvalue weighted by Crippen LogP contribution is -2.49. The van der Waals surface area contributed by atoms with E-state index in [0.717, 1.165) is 25.7 Å². The van der Waals surface area contributed by atoms with Crippen LogP contribution in [0.4, 0.5) is 13.2 Å². The van der Waals surface area contributed by atoms with E-state index in [2.05, 4.69) is 0 Å². The fourth-order valence-electron chi connectivity index (χ4n) is 3.26. The molecule has 9 heteroatoms. The summed E-state index contributed by atoms with van der Waals surface area (Å²) < 4.78 is 37.0. The fraction of sp³-hybridized carbons (Fsp3) is 0.647. The third-order valence-electron chi connectivity index (χ3n) is 4.62. The molecule has 2 aliphatic rings. The number of nitrogens with zero attached hydrogens (tertiary/aromatic N) is 1. The molecule has 1 atom stereocenters. The van der Waals surface area contributed by atoms with Crippen LogP contribution in [0.15, 0.2) is 6.07 Å². The molecule has 144 valence electrons. The lowest BCUT2D eigenvalue weighted by Gasteiger charge is -2.22. The highest BCUT2D eigenvalue weighted by atomic mass is 32.2. The minimum absolute atomic E-state index is 0.251. The number of alkyl halides is 3. The predicted molar refractivity (Wildman–Crippen MR) is 96.5 cm³/mol. The van der Waals surface area contributed by atoms with Crippen LogP contribution >= 0.6 is 23.1 Å². The largest absolute Gasteiger partial charge is 0.405 e. The number of halogens is 3. The molecule has 0 bridgehead atoms. The van der Waals surface area contributed by atoms with Crippen molar-refractivity contribution >= 4 is 34.9 Å². The van der Waals surface area contributed by atoms with Crippen molar-refractivity contribution in [2.75, 3.05) is 18.2 Å². The molecule has 0 unspecified atom stereocenters. The first-order valence-corrected chi connectivity index (χ1v) is 10.7. The van der Waals surface area contributed by atoms with Crippen molar-refractivity contribution in [3.05, 3.63) is 21.4 Å². The highest BCUT2D eigenvalue weighted by Crippen LogP contribution is 2.31. The third-order valence-corrected chi connectivity index (χ3v) is 6.85. The summed E-state index contributed by atoms with van der Waals surface area (Å²) in [6, 6.07) is 1.07. The predicted octanol–water partition coefficient (Wildman–Crippen LogP) is 3.60. The summed E-state index contributed by atoms with van der Waals surface area (Å²) in [5.41, 5.74) is 1.21. The minimum Gasteiger partial charge on any atom is -0.345 e. The van der Waals surface area contributed by atoms with Crippen LogP contribution in [0.1, 0.15) is 45.8 Å². The number of hydrogen-bond donors (Lipinski definition) is 1. The molecule has 3 rings (SSSR count). The number of nitrogens with one attached hydrogen (secondary N) is 1. The molecule has 1 fully saturated rings. The Morgan fingerprint density at radius 1 is 1.19 bits per heavy atom. The van der Waals surface area contributed by atoms with Gasteiger partial charge in [-0.3, -0.25) is 9.59 Å². The van der Waals surface area contributed by atoms with E-state index < -0.39 is 24.7 Å². The second-order valence-corrected chi connectivity index (χ2v) is 8.73. The summed E-state index contributed by atoms with van der Waals surface area (Å²) in [6.07, 6.45) is 2.09. The minimum atomic E-state index is -4.46. The van der Waals surface area contributed by atoms with Crippen LogP contribution in [0.5, 0.6) is 0 Å². The van der Waals surface area contributed by atoms with Gasteiger partial charge in [0.05, 0.1) is 10.8 Å². The van der Waals surface area contributed by atoms with Crippen LogP contribution in [0, 0.1) is 0 Å². The van der Waals surface area contributed by atoms with Crippen molar-refractivity contribution in [3.8, 4) is 0 Å². The Kier molecular flexibility index (Phi) is 6.17. The van der Waals surface area contributed by atoms with E-state index in [4.69, 9.17) is 0 Å². The maximum Gasteiger partial charge on any atom is 0.405 e. The molecular formula is C17H21F3N2O2S2. The first-order valence-electron chi connectivity index (χ1n) is 8.70. The van der Waals surface area contributed by atoms with Gasteiger partial charge in [0, 0.05) is 10.6 Å². The SMILES string of the molecule is O=C(NCC(F)(F)F)[C@@H]1CSCN1C(=O)c1cc2c(s1)CCCCCC2. The molecule has 2 amide bonds. The molecule has 0 aromatic carbocycles. The summed E-state index contributed by atoms with van der Waals surface area (Å²) in [5.74, 6) is -0.346. The van der Waals surface area contributed by atoms with Gasteiger partial charge in [0.2, 0.25) is 5.91 Å². The van der Waals surface area contributed by atoms with Gasteiger partial charge in [-0.1, -0.05) is 12.8 Å². The Morgan fingerprint density at radius 3 is 2.65 bits per heavy atom. The number of thiophene rings is 1. The van der Waals surface area contributed by atoms with Crippen LogP contribution in [-0.2, 0) is 17.6 Å². The molecule has 1 aliphatic carbocycles. The molecule has 4 nitrogen and oxygen atoms in total. The Bertz CT molecular complexity index is 650. The van der Waals surface area contributed by atoms with Crippen LogP contribution in [0.25, 0.3) is 0 Å². The molecular weight excluding hydrogens is 385 g/mol. The van der Waals surface area contributed by atoms with Crippen LogP contribution in [0.3, 0.4) is 0 Å². The third kappa shape index (κ3) is 4.73. The number of carbonyl (C=O) groups excluding carboxylic acids is 2. The Hall–Kier alpha value is -1.22. The molecule has 0 radical (unpaired) electrons. The normalized spacial score (nSPS) is 21.0. The lowest BCUT2D eigenvalue weighted by atomic mass is 10.00. The number of thioether (sulfide) groups is 1. The monoisotopic (exact) mass is 406 g/mol. The van der Waals surface area contributed by atoms with Gasteiger partial charge in [0.25, 0.3) is 5.91 Å². The molecule has 26 heavy (non-hydrogen) atoms. The van der Waals surface area contributed by atoms with Gasteiger partial charge in [-0.25, -0.2) is 0 Å². The number of rotatable bonds is 3.